The molecule has 2 unspecified atom stereocenters. The third-order valence-electron chi connectivity index (χ3n) is 3.83. The Hall–Kier alpha value is -1.07. The molecule has 0 spiro atoms. The number of aromatic nitrogens is 2. The maximum atomic E-state index is 12.1. The second-order valence-corrected chi connectivity index (χ2v) is 6.38. The first-order valence-electron chi connectivity index (χ1n) is 7.64. The molecule has 118 valence electrons. The normalized spacial score (nSPS) is 22.0. The Morgan fingerprint density at radius 3 is 3.00 bits per heavy atom. The van der Waals surface area contributed by atoms with Gasteiger partial charge in [-0.1, -0.05) is 32.4 Å². The summed E-state index contributed by atoms with van der Waals surface area (Å²) < 4.78 is 7.09. The molecule has 1 N–H and O–H groups in total. The van der Waals surface area contributed by atoms with Gasteiger partial charge in [-0.05, 0) is 18.8 Å². The lowest BCUT2D eigenvalue weighted by Crippen LogP contribution is -2.28. The summed E-state index contributed by atoms with van der Waals surface area (Å²) in [7, 11) is 0. The van der Waals surface area contributed by atoms with Crippen LogP contribution in [0.1, 0.15) is 33.6 Å². The van der Waals surface area contributed by atoms with E-state index in [2.05, 4.69) is 17.3 Å². The van der Waals surface area contributed by atoms with E-state index in [-0.39, 0.29) is 10.6 Å². The van der Waals surface area contributed by atoms with Crippen LogP contribution in [0.3, 0.4) is 0 Å². The first-order chi connectivity index (χ1) is 10.0. The van der Waals surface area contributed by atoms with Gasteiger partial charge in [0.05, 0.1) is 18.0 Å². The molecule has 6 heteroatoms. The molecule has 2 rings (SSSR count). The van der Waals surface area contributed by atoms with Crippen LogP contribution in [0.15, 0.2) is 11.0 Å². The van der Waals surface area contributed by atoms with E-state index in [0.717, 1.165) is 26.0 Å². The minimum absolute atomic E-state index is 0.220. The zero-order chi connectivity index (χ0) is 15.4. The average Bonchev–Trinajstić information content (AvgIpc) is 2.90. The Kier molecular flexibility index (Phi) is 5.65. The number of rotatable bonds is 6. The van der Waals surface area contributed by atoms with Gasteiger partial charge in [-0.25, -0.2) is 4.68 Å². The number of ether oxygens (including phenoxy) is 1. The van der Waals surface area contributed by atoms with Crippen molar-refractivity contribution in [1.82, 2.24) is 9.78 Å². The summed E-state index contributed by atoms with van der Waals surface area (Å²) in [6.45, 7) is 8.36. The van der Waals surface area contributed by atoms with E-state index in [4.69, 9.17) is 16.3 Å². The predicted octanol–water partition coefficient (Wildman–Crippen LogP) is 2.78. The molecule has 0 aromatic carbocycles. The molecule has 0 saturated carbocycles. The second kappa shape index (κ2) is 7.27. The molecule has 0 amide bonds. The van der Waals surface area contributed by atoms with Crippen molar-refractivity contribution in [1.29, 1.82) is 0 Å². The van der Waals surface area contributed by atoms with Crippen molar-refractivity contribution in [3.05, 3.63) is 21.6 Å². The maximum absolute atomic E-state index is 12.1. The van der Waals surface area contributed by atoms with E-state index < -0.39 is 0 Å². The topological polar surface area (TPSA) is 56.1 Å². The molecule has 1 saturated heterocycles. The number of anilines is 1. The van der Waals surface area contributed by atoms with Crippen LogP contribution in [-0.2, 0) is 11.3 Å². The Bertz CT molecular complexity index is 530. The van der Waals surface area contributed by atoms with Crippen molar-refractivity contribution < 1.29 is 4.74 Å². The first-order valence-corrected chi connectivity index (χ1v) is 8.01. The molecule has 1 aromatic heterocycles. The summed E-state index contributed by atoms with van der Waals surface area (Å²) in [6, 6.07) is 0. The minimum atomic E-state index is -0.231. The van der Waals surface area contributed by atoms with Crippen LogP contribution in [0.2, 0.25) is 5.02 Å². The highest BCUT2D eigenvalue weighted by Crippen LogP contribution is 2.24. The number of hydrogen-bond donors (Lipinski definition) is 1. The van der Waals surface area contributed by atoms with E-state index in [1.54, 1.807) is 6.20 Å². The predicted molar refractivity (Wildman–Crippen MR) is 85.0 cm³/mol. The van der Waals surface area contributed by atoms with Crippen molar-refractivity contribution in [2.75, 3.05) is 18.5 Å². The van der Waals surface area contributed by atoms with E-state index >= 15 is 0 Å². The third kappa shape index (κ3) is 3.98. The van der Waals surface area contributed by atoms with E-state index in [9.17, 15) is 4.79 Å². The van der Waals surface area contributed by atoms with Gasteiger partial charge in [0.1, 0.15) is 5.02 Å². The summed E-state index contributed by atoms with van der Waals surface area (Å²) in [6.07, 6.45) is 3.99. The lowest BCUT2D eigenvalue weighted by atomic mass is 10.00. The molecule has 1 aliphatic heterocycles. The van der Waals surface area contributed by atoms with Crippen LogP contribution in [0.4, 0.5) is 5.69 Å². The van der Waals surface area contributed by atoms with Crippen LogP contribution in [0.5, 0.6) is 0 Å². The van der Waals surface area contributed by atoms with Crippen LogP contribution in [-0.4, -0.2) is 29.0 Å². The summed E-state index contributed by atoms with van der Waals surface area (Å²) in [5.74, 6) is 0.815. The molecule has 2 heterocycles. The highest BCUT2D eigenvalue weighted by atomic mass is 35.5. The lowest BCUT2D eigenvalue weighted by molar-refractivity contribution is 0.0900. The number of halogens is 1. The monoisotopic (exact) mass is 313 g/mol. The molecular weight excluding hydrogens is 290 g/mol. The zero-order valence-corrected chi connectivity index (χ0v) is 13.7. The third-order valence-corrected chi connectivity index (χ3v) is 4.19. The Morgan fingerprint density at radius 2 is 2.33 bits per heavy atom. The Balaban J connectivity index is 2.04. The van der Waals surface area contributed by atoms with Gasteiger partial charge in [0.15, 0.2) is 0 Å². The van der Waals surface area contributed by atoms with Gasteiger partial charge in [-0.3, -0.25) is 4.79 Å². The molecule has 5 nitrogen and oxygen atoms in total. The average molecular weight is 314 g/mol. The summed E-state index contributed by atoms with van der Waals surface area (Å²) in [4.78, 5) is 12.1. The molecule has 1 fully saturated rings. The molecular formula is C15H24ClN3O2. The summed E-state index contributed by atoms with van der Waals surface area (Å²) in [5.41, 5.74) is 0.383. The largest absolute Gasteiger partial charge is 0.382 e. The lowest BCUT2D eigenvalue weighted by Gasteiger charge is -2.18. The molecule has 0 aliphatic carbocycles. The number of hydrogen-bond acceptors (Lipinski definition) is 4. The maximum Gasteiger partial charge on any atom is 0.287 e. The Morgan fingerprint density at radius 1 is 1.57 bits per heavy atom. The highest BCUT2D eigenvalue weighted by Gasteiger charge is 2.26. The fourth-order valence-electron chi connectivity index (χ4n) is 2.68. The fraction of sp³-hybridized carbons (Fsp3) is 0.733. The molecule has 0 bridgehead atoms. The van der Waals surface area contributed by atoms with Gasteiger partial charge in [-0.15, -0.1) is 0 Å². The quantitative estimate of drug-likeness (QED) is 0.877. The molecule has 21 heavy (non-hydrogen) atoms. The second-order valence-electron chi connectivity index (χ2n) is 6.00. The van der Waals surface area contributed by atoms with Crippen molar-refractivity contribution >= 4 is 17.3 Å². The number of nitrogens with zero attached hydrogens (tertiary/aromatic N) is 2. The van der Waals surface area contributed by atoms with Gasteiger partial charge in [0.2, 0.25) is 0 Å². The summed E-state index contributed by atoms with van der Waals surface area (Å²) in [5, 5.41) is 7.66. The van der Waals surface area contributed by atoms with Crippen LogP contribution in [0.25, 0.3) is 0 Å². The van der Waals surface area contributed by atoms with Gasteiger partial charge in [0, 0.05) is 25.6 Å². The van der Waals surface area contributed by atoms with Gasteiger partial charge in [-0.2, -0.15) is 5.10 Å². The van der Waals surface area contributed by atoms with Gasteiger partial charge < -0.3 is 10.1 Å². The van der Waals surface area contributed by atoms with E-state index in [1.165, 1.54) is 4.68 Å². The van der Waals surface area contributed by atoms with Crippen LogP contribution in [0, 0.1) is 11.8 Å². The standard InChI is InChI=1S/C15H24ClN3O2/c1-4-13-11(5-6-21-13)7-17-12-8-18-19(9-10(2)3)15(20)14(12)16/h8,10-11,13,17H,4-7,9H2,1-3H3. The molecule has 1 aliphatic rings. The van der Waals surface area contributed by atoms with Crippen LogP contribution >= 0.6 is 11.6 Å². The Labute approximate surface area is 130 Å². The fourth-order valence-corrected chi connectivity index (χ4v) is 2.90. The van der Waals surface area contributed by atoms with Crippen molar-refractivity contribution in [3.63, 3.8) is 0 Å². The smallest absolute Gasteiger partial charge is 0.287 e. The molecule has 0 radical (unpaired) electrons. The minimum Gasteiger partial charge on any atom is -0.382 e. The van der Waals surface area contributed by atoms with Gasteiger partial charge >= 0.3 is 0 Å². The van der Waals surface area contributed by atoms with E-state index in [1.807, 2.05) is 13.8 Å². The van der Waals surface area contributed by atoms with Crippen molar-refractivity contribution in [2.24, 2.45) is 11.8 Å². The highest BCUT2D eigenvalue weighted by molar-refractivity contribution is 6.32. The SMILES string of the molecule is CCC1OCCC1CNc1cnn(CC(C)C)c(=O)c1Cl. The van der Waals surface area contributed by atoms with Crippen molar-refractivity contribution in [2.45, 2.75) is 46.3 Å². The van der Waals surface area contributed by atoms with Crippen LogP contribution < -0.4 is 10.9 Å². The first kappa shape index (κ1) is 16.3. The zero-order valence-electron chi connectivity index (χ0n) is 12.9. The van der Waals surface area contributed by atoms with E-state index in [0.29, 0.717) is 30.2 Å². The molecule has 1 aromatic rings. The van der Waals surface area contributed by atoms with Gasteiger partial charge in [0.25, 0.3) is 5.56 Å². The van der Waals surface area contributed by atoms with Crippen molar-refractivity contribution in [3.8, 4) is 0 Å². The molecule has 2 atom stereocenters. The number of nitrogens with one attached hydrogen (secondary N) is 1. The summed E-state index contributed by atoms with van der Waals surface area (Å²) >= 11 is 6.17.